The van der Waals surface area contributed by atoms with Gasteiger partial charge in [0, 0.05) is 4.47 Å². The van der Waals surface area contributed by atoms with E-state index in [9.17, 15) is 16.8 Å². The van der Waals surface area contributed by atoms with Crippen LogP contribution in [0.1, 0.15) is 13.3 Å². The van der Waals surface area contributed by atoms with Crippen LogP contribution in [-0.4, -0.2) is 34.9 Å². The summed E-state index contributed by atoms with van der Waals surface area (Å²) < 4.78 is 51.7. The number of primary sulfonamides is 1. The molecule has 0 unspecified atom stereocenters. The number of sulfonamides is 1. The molecule has 0 aliphatic heterocycles. The summed E-state index contributed by atoms with van der Waals surface area (Å²) in [6.07, 6.45) is 0.531. The van der Waals surface area contributed by atoms with Crippen LogP contribution in [-0.2, 0) is 19.9 Å². The van der Waals surface area contributed by atoms with Gasteiger partial charge in [-0.1, -0.05) is 22.9 Å². The molecular formula is C11H16BrNO5S2. The van der Waals surface area contributed by atoms with Crippen LogP contribution in [0.25, 0.3) is 0 Å². The first kappa shape index (κ1) is 17.4. The molecule has 0 saturated carbocycles. The van der Waals surface area contributed by atoms with Crippen molar-refractivity contribution in [2.24, 2.45) is 5.14 Å². The summed E-state index contributed by atoms with van der Waals surface area (Å²) in [5.41, 5.74) is 0. The molecule has 9 heteroatoms. The maximum absolute atomic E-state index is 11.5. The standard InChI is InChI=1S/C11H16BrNO5S2/c1-2-6-19(14,15)7-5-18-10-4-3-9(12)8-11(10)20(13,16)17/h3-4,8H,2,5-7H2,1H3,(H2,13,16,17). The Balaban J connectivity index is 2.84. The Morgan fingerprint density at radius 3 is 2.40 bits per heavy atom. The molecule has 1 aromatic carbocycles. The van der Waals surface area contributed by atoms with Gasteiger partial charge in [-0.15, -0.1) is 0 Å². The first-order valence-electron chi connectivity index (χ1n) is 5.81. The average Bonchev–Trinajstić information content (AvgIpc) is 2.29. The fraction of sp³-hybridized carbons (Fsp3) is 0.455. The zero-order valence-corrected chi connectivity index (χ0v) is 14.1. The fourth-order valence-corrected chi connectivity index (χ4v) is 3.89. The van der Waals surface area contributed by atoms with Crippen molar-refractivity contribution < 1.29 is 21.6 Å². The third-order valence-electron chi connectivity index (χ3n) is 2.38. The van der Waals surface area contributed by atoms with Crippen molar-refractivity contribution in [1.29, 1.82) is 0 Å². The minimum absolute atomic E-state index is 0.0439. The summed E-state index contributed by atoms with van der Waals surface area (Å²) in [6.45, 7) is 1.65. The van der Waals surface area contributed by atoms with Gasteiger partial charge in [-0.25, -0.2) is 22.0 Å². The molecule has 0 amide bonds. The lowest BCUT2D eigenvalue weighted by Crippen LogP contribution is -2.18. The number of nitrogens with two attached hydrogens (primary N) is 1. The molecule has 0 saturated heterocycles. The van der Waals surface area contributed by atoms with E-state index in [1.807, 2.05) is 0 Å². The number of halogens is 1. The molecular weight excluding hydrogens is 370 g/mol. The Morgan fingerprint density at radius 1 is 1.20 bits per heavy atom. The highest BCUT2D eigenvalue weighted by molar-refractivity contribution is 9.10. The predicted molar refractivity (Wildman–Crippen MR) is 80.0 cm³/mol. The van der Waals surface area contributed by atoms with Crippen LogP contribution in [0.3, 0.4) is 0 Å². The smallest absolute Gasteiger partial charge is 0.241 e. The van der Waals surface area contributed by atoms with Crippen molar-refractivity contribution in [2.45, 2.75) is 18.2 Å². The van der Waals surface area contributed by atoms with E-state index >= 15 is 0 Å². The molecule has 0 spiro atoms. The van der Waals surface area contributed by atoms with Crippen LogP contribution in [0.4, 0.5) is 0 Å². The maximum Gasteiger partial charge on any atom is 0.241 e. The molecule has 2 N–H and O–H groups in total. The number of rotatable bonds is 7. The van der Waals surface area contributed by atoms with Crippen molar-refractivity contribution >= 4 is 35.8 Å². The Labute approximate surface area is 127 Å². The van der Waals surface area contributed by atoms with E-state index in [0.717, 1.165) is 0 Å². The Hall–Kier alpha value is -0.640. The van der Waals surface area contributed by atoms with Crippen LogP contribution in [0.5, 0.6) is 5.75 Å². The van der Waals surface area contributed by atoms with Crippen molar-refractivity contribution in [2.75, 3.05) is 18.1 Å². The molecule has 0 radical (unpaired) electrons. The van der Waals surface area contributed by atoms with E-state index < -0.39 is 19.9 Å². The lowest BCUT2D eigenvalue weighted by molar-refractivity contribution is 0.332. The molecule has 1 rings (SSSR count). The second-order valence-corrected chi connectivity index (χ2v) is 8.89. The number of hydrogen-bond acceptors (Lipinski definition) is 5. The van der Waals surface area contributed by atoms with E-state index in [1.165, 1.54) is 12.1 Å². The molecule has 114 valence electrons. The first-order chi connectivity index (χ1) is 9.15. The van der Waals surface area contributed by atoms with Gasteiger partial charge in [-0.2, -0.15) is 0 Å². The quantitative estimate of drug-likeness (QED) is 0.761. The highest BCUT2D eigenvalue weighted by Crippen LogP contribution is 2.26. The lowest BCUT2D eigenvalue weighted by atomic mass is 10.3. The number of benzene rings is 1. The van der Waals surface area contributed by atoms with Gasteiger partial charge >= 0.3 is 0 Å². The lowest BCUT2D eigenvalue weighted by Gasteiger charge is -2.10. The summed E-state index contributed by atoms with van der Waals surface area (Å²) in [5.74, 6) is -0.0397. The van der Waals surface area contributed by atoms with Crippen molar-refractivity contribution in [3.05, 3.63) is 22.7 Å². The van der Waals surface area contributed by atoms with Gasteiger partial charge in [0.1, 0.15) is 17.3 Å². The Kier molecular flexibility index (Phi) is 5.99. The van der Waals surface area contributed by atoms with Gasteiger partial charge in [0.25, 0.3) is 0 Å². The zero-order chi connectivity index (χ0) is 15.4. The van der Waals surface area contributed by atoms with Gasteiger partial charge in [-0.05, 0) is 24.6 Å². The molecule has 20 heavy (non-hydrogen) atoms. The number of sulfone groups is 1. The molecule has 0 atom stereocenters. The van der Waals surface area contributed by atoms with Crippen molar-refractivity contribution in [1.82, 2.24) is 0 Å². The van der Waals surface area contributed by atoms with Gasteiger partial charge in [0.15, 0.2) is 9.84 Å². The molecule has 0 aromatic heterocycles. The van der Waals surface area contributed by atoms with Crippen LogP contribution in [0, 0.1) is 0 Å². The fourth-order valence-electron chi connectivity index (χ4n) is 1.52. The molecule has 0 heterocycles. The third-order valence-corrected chi connectivity index (χ3v) is 5.62. The first-order valence-corrected chi connectivity index (χ1v) is 9.97. The summed E-state index contributed by atoms with van der Waals surface area (Å²) in [7, 11) is -7.11. The topological polar surface area (TPSA) is 104 Å². The number of ether oxygens (including phenoxy) is 1. The van der Waals surface area contributed by atoms with Crippen LogP contribution < -0.4 is 9.88 Å². The highest BCUT2D eigenvalue weighted by atomic mass is 79.9. The normalized spacial score (nSPS) is 12.3. The Bertz CT molecular complexity index is 670. The Morgan fingerprint density at radius 2 is 1.85 bits per heavy atom. The van der Waals surface area contributed by atoms with Gasteiger partial charge in [-0.3, -0.25) is 0 Å². The van der Waals surface area contributed by atoms with Crippen LogP contribution in [0.15, 0.2) is 27.6 Å². The second kappa shape index (κ2) is 6.88. The maximum atomic E-state index is 11.5. The minimum Gasteiger partial charge on any atom is -0.491 e. The van der Waals surface area contributed by atoms with Gasteiger partial charge in [0.2, 0.25) is 10.0 Å². The zero-order valence-electron chi connectivity index (χ0n) is 10.9. The summed E-state index contributed by atoms with van der Waals surface area (Å²) >= 11 is 3.14. The van der Waals surface area contributed by atoms with Crippen LogP contribution >= 0.6 is 15.9 Å². The molecule has 0 aliphatic carbocycles. The summed E-state index contributed by atoms with van der Waals surface area (Å²) in [4.78, 5) is -0.181. The van der Waals surface area contributed by atoms with E-state index in [2.05, 4.69) is 15.9 Å². The SMILES string of the molecule is CCCS(=O)(=O)CCOc1ccc(Br)cc1S(N)(=O)=O. The van der Waals surface area contributed by atoms with E-state index in [0.29, 0.717) is 10.9 Å². The second-order valence-electron chi connectivity index (χ2n) is 4.14. The molecule has 6 nitrogen and oxygen atoms in total. The highest BCUT2D eigenvalue weighted by Gasteiger charge is 2.17. The van der Waals surface area contributed by atoms with Crippen molar-refractivity contribution in [3.8, 4) is 5.75 Å². The largest absolute Gasteiger partial charge is 0.491 e. The molecule has 0 fully saturated rings. The third kappa shape index (κ3) is 5.39. The average molecular weight is 386 g/mol. The molecule has 0 aliphatic rings. The summed E-state index contributed by atoms with van der Waals surface area (Å²) in [5, 5.41) is 5.08. The van der Waals surface area contributed by atoms with Gasteiger partial charge < -0.3 is 4.74 Å². The van der Waals surface area contributed by atoms with E-state index in [-0.39, 0.29) is 28.8 Å². The molecule has 0 bridgehead atoms. The number of hydrogen-bond donors (Lipinski definition) is 1. The van der Waals surface area contributed by atoms with Gasteiger partial charge in [0.05, 0.1) is 11.5 Å². The van der Waals surface area contributed by atoms with Crippen LogP contribution in [0.2, 0.25) is 0 Å². The minimum atomic E-state index is -3.94. The molecule has 1 aromatic rings. The monoisotopic (exact) mass is 385 g/mol. The summed E-state index contributed by atoms with van der Waals surface area (Å²) in [6, 6.07) is 4.33. The van der Waals surface area contributed by atoms with E-state index in [4.69, 9.17) is 9.88 Å². The predicted octanol–water partition coefficient (Wildman–Crippen LogP) is 1.30. The van der Waals surface area contributed by atoms with E-state index in [1.54, 1.807) is 13.0 Å². The van der Waals surface area contributed by atoms with Crippen molar-refractivity contribution in [3.63, 3.8) is 0 Å².